The SMILES string of the molecule is CC(=O)NC1(c2cc3c(N[C@H](C)c4cccc(C(F)F)c4F)ncnc3n(C)c2=O)CCOCC1.C[C@@H](Nc1ncnc2c1cc(Br)c(=O)n2C)c1cccc(C(F)F)c1F.C[C@@H](Nc1ncnc2c1cc(C1(N)CCOCC1)c(=O)n2C)c1cccc(C(F)F)c1F.C[C@@H](Nc1ncnc2c1cc(C1(O)CCOCC1)c(=O)n2C)c1cccc(C(F)F)c1F.Cl.O=C1CCOCC1.O=S(=O)(O)O. The number of carbonyl (C=O) groups excluding carboxylic acids is 2. The Kier molecular flexibility index (Phi) is 36.5. The van der Waals surface area contributed by atoms with E-state index in [1.165, 1.54) is 99.0 Å². The first-order valence-electron chi connectivity index (χ1n) is 42.5. The van der Waals surface area contributed by atoms with Crippen molar-refractivity contribution >= 4 is 118 Å². The van der Waals surface area contributed by atoms with Crippen molar-refractivity contribution in [3.05, 3.63) is 253 Å². The number of hydrogen-bond donors (Lipinski definition) is 9. The molecule has 0 bridgehead atoms. The second-order valence-electron chi connectivity index (χ2n) is 32.5. The molecule has 4 saturated heterocycles. The average molecular weight is 2050 g/mol. The molecular weight excluding hydrogens is 1950 g/mol. The maximum atomic E-state index is 14.7. The minimum Gasteiger partial charge on any atom is -0.385 e. The third-order valence-electron chi connectivity index (χ3n) is 23.5. The summed E-state index contributed by atoms with van der Waals surface area (Å²) in [4.78, 5) is 107. The summed E-state index contributed by atoms with van der Waals surface area (Å²) in [6.07, 6.45) is -3.01. The molecule has 4 fully saturated rings. The number of hydrogen-bond acceptors (Lipinski definition) is 26. The lowest BCUT2D eigenvalue weighted by Gasteiger charge is -2.38. The lowest BCUT2D eigenvalue weighted by Crippen LogP contribution is -2.52. The number of carbonyl (C=O) groups is 2. The van der Waals surface area contributed by atoms with Gasteiger partial charge in [0.15, 0.2) is 0 Å². The largest absolute Gasteiger partial charge is 0.394 e. The number of aliphatic hydroxyl groups is 1. The molecule has 10 N–H and O–H groups in total. The van der Waals surface area contributed by atoms with E-state index in [9.17, 15) is 86.6 Å². The van der Waals surface area contributed by atoms with Crippen LogP contribution >= 0.6 is 28.3 Å². The first-order chi connectivity index (χ1) is 64.8. The third-order valence-corrected chi connectivity index (χ3v) is 24.1. The first-order valence-corrected chi connectivity index (χ1v) is 44.7. The van der Waals surface area contributed by atoms with Crippen LogP contribution in [0.3, 0.4) is 0 Å². The molecule has 4 aliphatic rings. The van der Waals surface area contributed by atoms with Crippen LogP contribution in [0.2, 0.25) is 0 Å². The van der Waals surface area contributed by atoms with Gasteiger partial charge in [0.25, 0.3) is 47.9 Å². The summed E-state index contributed by atoms with van der Waals surface area (Å²) >= 11 is 3.19. The van der Waals surface area contributed by atoms with Crippen LogP contribution in [0.1, 0.15) is 197 Å². The molecule has 0 aliphatic carbocycles. The number of nitrogens with two attached hydrogens (primary N) is 1. The fraction of sp³-hybridized carbons (Fsp3) is 0.400. The first kappa shape index (κ1) is 108. The molecule has 33 nitrogen and oxygen atoms in total. The topological polar surface area (TPSA) is 443 Å². The number of aryl methyl sites for hydroxylation is 4. The summed E-state index contributed by atoms with van der Waals surface area (Å²) in [7, 11) is 1.62. The van der Waals surface area contributed by atoms with Gasteiger partial charge in [0.2, 0.25) is 5.91 Å². The van der Waals surface area contributed by atoms with E-state index in [2.05, 4.69) is 82.4 Å². The smallest absolute Gasteiger partial charge is 0.385 e. The molecule has 12 aromatic rings. The number of Topliss-reactive ketones (excluding diaryl/α,β-unsaturated/α-hetero) is 1. The monoisotopic (exact) mass is 2040 g/mol. The van der Waals surface area contributed by atoms with Crippen LogP contribution in [0.4, 0.5) is 76.0 Å². The molecule has 1 amide bonds. The van der Waals surface area contributed by atoms with Crippen LogP contribution < -0.4 is 54.6 Å². The van der Waals surface area contributed by atoms with Gasteiger partial charge in [-0.1, -0.05) is 72.8 Å². The van der Waals surface area contributed by atoms with Gasteiger partial charge in [-0.3, -0.25) is 56.1 Å². The molecule has 16 rings (SSSR count). The van der Waals surface area contributed by atoms with Gasteiger partial charge < -0.3 is 56.4 Å². The molecule has 138 heavy (non-hydrogen) atoms. The number of aromatic nitrogens is 12. The highest BCUT2D eigenvalue weighted by atomic mass is 79.9. The van der Waals surface area contributed by atoms with Gasteiger partial charge in [0, 0.05) is 139 Å². The van der Waals surface area contributed by atoms with E-state index >= 15 is 0 Å². The number of nitrogens with zero attached hydrogens (tertiary/aromatic N) is 12. The van der Waals surface area contributed by atoms with Crippen LogP contribution in [0.5, 0.6) is 0 Å². The predicted molar refractivity (Wildman–Crippen MR) is 492 cm³/mol. The number of anilines is 4. The second kappa shape index (κ2) is 46.6. The highest BCUT2D eigenvalue weighted by Gasteiger charge is 2.41. The van der Waals surface area contributed by atoms with Crippen molar-refractivity contribution in [1.82, 2.24) is 63.5 Å². The fourth-order valence-corrected chi connectivity index (χ4v) is 16.5. The number of rotatable bonds is 20. The quantitative estimate of drug-likeness (QED) is 0.0253. The van der Waals surface area contributed by atoms with Crippen LogP contribution in [0.15, 0.2) is 146 Å². The van der Waals surface area contributed by atoms with E-state index < -0.39 is 122 Å². The highest BCUT2D eigenvalue weighted by molar-refractivity contribution is 9.10. The summed E-state index contributed by atoms with van der Waals surface area (Å²) in [5.41, 5.74) is 2.29. The lowest BCUT2D eigenvalue weighted by atomic mass is 9.82. The standard InChI is InChI=1S/C24H26F3N5O3.C22H24F3N5O2.C22H23F3N4O3.C17H14BrF3N4O.C5H8O2.ClH.H2O4S/c1-13(15-5-4-6-16(19(15)25)20(26)27)30-21-17-11-18(23(34)32(3)22(17)29-12-28-21)24(31-14(2)33)7-9-35-10-8-24;1-12(13-4-3-5-14(17(13)23)18(24)25)29-19-15-10-16(22(26)6-8-32-9-7-22)21(31)30(2)20(15)28-11-27-19;1-12(13-4-3-5-14(17(13)23)18(24)25)28-19-15-10-16(22(31)6-8-32-9-7-22)21(30)29(2)20(15)27-11-26-19;1-8(9-4-3-5-10(13(9)19)14(20)21)24-15-11-6-12(18)17(26)25(2)16(11)23-7-22-15;6-5-1-3-7-4-2-5;;1-5(2,3)4/h4-6,11-13,20H,7-10H2,1-3H3,(H,31,33)(H,28,29,30);3-5,10-12,18H,6-9,26H2,1-2H3,(H,27,28,29);3-5,10-12,18,31H,6-9H2,1-2H3,(H,26,27,28);3-8,14H,1-2H3,(H,22,23,24);1-4H2;1H;(H2,1,2,3,4)/t13-;2*12-;8-;;;/m1111.../s1. The predicted octanol–water partition coefficient (Wildman–Crippen LogP) is 15.3. The molecule has 4 aliphatic heterocycles. The van der Waals surface area contributed by atoms with Crippen molar-refractivity contribution in [3.8, 4) is 0 Å². The Morgan fingerprint density at radius 1 is 0.420 bits per heavy atom. The number of nitrogens with one attached hydrogen (secondary N) is 5. The number of pyridine rings is 4. The van der Waals surface area contributed by atoms with Crippen LogP contribution in [-0.2, 0) is 83.8 Å². The van der Waals surface area contributed by atoms with E-state index in [-0.39, 0.29) is 87.0 Å². The summed E-state index contributed by atoms with van der Waals surface area (Å²) in [5, 5.41) is 28.2. The van der Waals surface area contributed by atoms with Gasteiger partial charge in [-0.25, -0.2) is 92.6 Å². The van der Waals surface area contributed by atoms with E-state index in [0.717, 1.165) is 24.3 Å². The molecule has 12 heterocycles. The Bertz CT molecular complexity index is 6600. The number of ether oxygens (including phenoxy) is 4. The number of alkyl halides is 8. The molecule has 4 atom stereocenters. The number of ketones is 1. The molecule has 8 aromatic heterocycles. The average Bonchev–Trinajstić information content (AvgIpc) is 0.752. The lowest BCUT2D eigenvalue weighted by molar-refractivity contribution is -0.124. The summed E-state index contributed by atoms with van der Waals surface area (Å²) in [5.74, 6) is -2.52. The Morgan fingerprint density at radius 2 is 0.681 bits per heavy atom. The Balaban J connectivity index is 0.000000182. The fourth-order valence-electron chi connectivity index (χ4n) is 16.1. The summed E-state index contributed by atoms with van der Waals surface area (Å²) in [6.45, 7) is 11.5. The Morgan fingerprint density at radius 3 is 0.986 bits per heavy atom. The maximum absolute atomic E-state index is 14.7. The van der Waals surface area contributed by atoms with E-state index in [4.69, 9.17) is 42.2 Å². The van der Waals surface area contributed by atoms with E-state index in [1.807, 2.05) is 0 Å². The van der Waals surface area contributed by atoms with Gasteiger partial charge in [-0.15, -0.1) is 12.4 Å². The zero-order valence-electron chi connectivity index (χ0n) is 75.4. The number of benzene rings is 4. The maximum Gasteiger partial charge on any atom is 0.394 e. The molecular formula is C90H98BrClF12N18O15S. The minimum absolute atomic E-state index is 0. The van der Waals surface area contributed by atoms with Gasteiger partial charge in [0.05, 0.1) is 102 Å². The number of amides is 1. The Hall–Kier alpha value is -12.1. The van der Waals surface area contributed by atoms with E-state index in [0.29, 0.717) is 174 Å². The molecule has 742 valence electrons. The minimum atomic E-state index is -4.67. The third kappa shape index (κ3) is 25.1. The van der Waals surface area contributed by atoms with Crippen molar-refractivity contribution in [3.63, 3.8) is 0 Å². The second-order valence-corrected chi connectivity index (χ2v) is 34.3. The molecule has 48 heteroatoms. The normalized spacial score (nSPS) is 15.9. The van der Waals surface area contributed by atoms with E-state index in [1.54, 1.807) is 80.2 Å². The van der Waals surface area contributed by atoms with Crippen LogP contribution in [0, 0.1) is 23.3 Å². The van der Waals surface area contributed by atoms with Gasteiger partial charge >= 0.3 is 10.4 Å². The van der Waals surface area contributed by atoms with Gasteiger partial charge in [0.1, 0.15) is 100 Å². The summed E-state index contributed by atoms with van der Waals surface area (Å²) < 4.78 is 221. The van der Waals surface area contributed by atoms with Crippen molar-refractivity contribution < 1.29 is 104 Å². The van der Waals surface area contributed by atoms with Crippen molar-refractivity contribution in [1.29, 1.82) is 0 Å². The van der Waals surface area contributed by atoms with Crippen LogP contribution in [-0.4, -0.2) is 145 Å². The molecule has 0 unspecified atom stereocenters. The molecule has 4 aromatic carbocycles. The van der Waals surface area contributed by atoms with Gasteiger partial charge in [-0.2, -0.15) is 8.42 Å². The van der Waals surface area contributed by atoms with Crippen molar-refractivity contribution in [2.24, 2.45) is 33.9 Å². The van der Waals surface area contributed by atoms with Crippen LogP contribution in [0.25, 0.3) is 44.1 Å². The molecule has 0 saturated carbocycles. The van der Waals surface area contributed by atoms with Crippen molar-refractivity contribution in [2.75, 3.05) is 74.1 Å². The molecule has 0 radical (unpaired) electrons. The zero-order valence-corrected chi connectivity index (χ0v) is 78.6. The zero-order chi connectivity index (χ0) is 100. The highest BCUT2D eigenvalue weighted by Crippen LogP contribution is 2.40. The Labute approximate surface area is 794 Å². The van der Waals surface area contributed by atoms with Crippen molar-refractivity contribution in [2.45, 2.75) is 153 Å². The number of fused-ring (bicyclic) bond motifs is 4. The summed E-state index contributed by atoms with van der Waals surface area (Å²) in [6, 6.07) is 19.2. The number of halogens is 14. The van der Waals surface area contributed by atoms with Gasteiger partial charge in [-0.05, 0) is 93.6 Å². The molecule has 0 spiro atoms.